The smallest absolute Gasteiger partial charge is 0.0367 e. The molecule has 1 aliphatic rings. The Hall–Kier alpha value is -0.480. The Balaban J connectivity index is 0.000000980. The van der Waals surface area contributed by atoms with Gasteiger partial charge in [-0.2, -0.15) is 0 Å². The molecule has 0 aliphatic carbocycles. The molecule has 0 radical (unpaired) electrons. The molecule has 1 heterocycles. The highest BCUT2D eigenvalue weighted by molar-refractivity contribution is 5.85. The SMILES string of the molecule is Cl.Cl.c1ccc(N2CCNNCC2)cc1. The fourth-order valence-electron chi connectivity index (χ4n) is 1.57. The van der Waals surface area contributed by atoms with E-state index in [0.29, 0.717) is 0 Å². The van der Waals surface area contributed by atoms with Gasteiger partial charge in [-0.15, -0.1) is 24.8 Å². The third-order valence-corrected chi connectivity index (χ3v) is 2.26. The lowest BCUT2D eigenvalue weighted by atomic mass is 10.3. The molecule has 0 spiro atoms. The van der Waals surface area contributed by atoms with Crippen molar-refractivity contribution >= 4 is 30.5 Å². The van der Waals surface area contributed by atoms with Gasteiger partial charge in [0, 0.05) is 31.9 Å². The van der Waals surface area contributed by atoms with Crippen molar-refractivity contribution in [1.82, 2.24) is 10.9 Å². The molecule has 0 aromatic heterocycles. The lowest BCUT2D eigenvalue weighted by molar-refractivity contribution is 0.587. The Morgan fingerprint density at radius 2 is 1.40 bits per heavy atom. The molecule has 2 N–H and O–H groups in total. The van der Waals surface area contributed by atoms with Crippen molar-refractivity contribution in [1.29, 1.82) is 0 Å². The van der Waals surface area contributed by atoms with Gasteiger partial charge >= 0.3 is 0 Å². The van der Waals surface area contributed by atoms with Gasteiger partial charge in [0.2, 0.25) is 0 Å². The normalized spacial score (nSPS) is 15.9. The van der Waals surface area contributed by atoms with Crippen LogP contribution in [0.3, 0.4) is 0 Å². The summed E-state index contributed by atoms with van der Waals surface area (Å²) in [5.41, 5.74) is 7.62. The van der Waals surface area contributed by atoms with Crippen molar-refractivity contribution in [2.75, 3.05) is 31.1 Å². The van der Waals surface area contributed by atoms with Gasteiger partial charge in [0.25, 0.3) is 0 Å². The summed E-state index contributed by atoms with van der Waals surface area (Å²) >= 11 is 0. The van der Waals surface area contributed by atoms with Crippen molar-refractivity contribution in [2.45, 2.75) is 0 Å². The molecule has 86 valence electrons. The average Bonchev–Trinajstić information content (AvgIpc) is 2.47. The zero-order valence-electron chi connectivity index (χ0n) is 8.48. The van der Waals surface area contributed by atoms with Gasteiger partial charge in [0.15, 0.2) is 0 Å². The maximum atomic E-state index is 3.16. The Labute approximate surface area is 103 Å². The Morgan fingerprint density at radius 1 is 0.867 bits per heavy atom. The van der Waals surface area contributed by atoms with Crippen LogP contribution in [0.5, 0.6) is 0 Å². The molecule has 15 heavy (non-hydrogen) atoms. The fraction of sp³-hybridized carbons (Fsp3) is 0.400. The molecule has 0 saturated carbocycles. The zero-order chi connectivity index (χ0) is 8.93. The molecular weight excluding hydrogens is 233 g/mol. The predicted molar refractivity (Wildman–Crippen MR) is 69.2 cm³/mol. The number of nitrogens with one attached hydrogen (secondary N) is 2. The summed E-state index contributed by atoms with van der Waals surface area (Å²) in [6, 6.07) is 10.5. The number of hydrazine groups is 1. The molecule has 1 fully saturated rings. The predicted octanol–water partition coefficient (Wildman–Crippen LogP) is 1.44. The first-order valence-electron chi connectivity index (χ1n) is 4.72. The van der Waals surface area contributed by atoms with E-state index in [-0.39, 0.29) is 24.8 Å². The van der Waals surface area contributed by atoms with E-state index in [1.165, 1.54) is 5.69 Å². The molecule has 0 atom stereocenters. The second-order valence-electron chi connectivity index (χ2n) is 3.18. The van der Waals surface area contributed by atoms with E-state index < -0.39 is 0 Å². The topological polar surface area (TPSA) is 27.3 Å². The lowest BCUT2D eigenvalue weighted by Crippen LogP contribution is -2.32. The van der Waals surface area contributed by atoms with Crippen LogP contribution in [0, 0.1) is 0 Å². The second-order valence-corrected chi connectivity index (χ2v) is 3.18. The monoisotopic (exact) mass is 249 g/mol. The molecule has 1 aliphatic heterocycles. The molecular formula is C10H17Cl2N3. The minimum absolute atomic E-state index is 0. The largest absolute Gasteiger partial charge is 0.369 e. The van der Waals surface area contributed by atoms with Crippen molar-refractivity contribution in [2.24, 2.45) is 0 Å². The fourth-order valence-corrected chi connectivity index (χ4v) is 1.57. The number of hydrogen-bond donors (Lipinski definition) is 2. The first-order valence-corrected chi connectivity index (χ1v) is 4.72. The molecule has 3 nitrogen and oxygen atoms in total. The van der Waals surface area contributed by atoms with Gasteiger partial charge in [-0.25, -0.2) is 0 Å². The Morgan fingerprint density at radius 3 is 1.93 bits per heavy atom. The highest BCUT2D eigenvalue weighted by atomic mass is 35.5. The molecule has 5 heteroatoms. The lowest BCUT2D eigenvalue weighted by Gasteiger charge is -2.21. The van der Waals surface area contributed by atoms with Gasteiger partial charge in [0.1, 0.15) is 0 Å². The van der Waals surface area contributed by atoms with Crippen LogP contribution in [0.2, 0.25) is 0 Å². The quantitative estimate of drug-likeness (QED) is 0.789. The molecule has 1 aromatic carbocycles. The molecule has 1 aromatic rings. The first kappa shape index (κ1) is 14.5. The van der Waals surface area contributed by atoms with E-state index in [0.717, 1.165) is 26.2 Å². The summed E-state index contributed by atoms with van der Waals surface area (Å²) in [4.78, 5) is 2.38. The average molecular weight is 250 g/mol. The van der Waals surface area contributed by atoms with Crippen LogP contribution < -0.4 is 15.8 Å². The summed E-state index contributed by atoms with van der Waals surface area (Å²) < 4.78 is 0. The molecule has 0 unspecified atom stereocenters. The summed E-state index contributed by atoms with van der Waals surface area (Å²) in [5.74, 6) is 0. The summed E-state index contributed by atoms with van der Waals surface area (Å²) in [6.45, 7) is 4.12. The van der Waals surface area contributed by atoms with E-state index in [2.05, 4.69) is 46.1 Å². The summed E-state index contributed by atoms with van der Waals surface area (Å²) in [5, 5.41) is 0. The molecule has 2 rings (SSSR count). The number of hydrogen-bond acceptors (Lipinski definition) is 3. The standard InChI is InChI=1S/C10H15N3.2ClH/c1-2-4-10(5-3-1)13-8-6-11-12-7-9-13;;/h1-5,11-12H,6-9H2;2*1H. The van der Waals surface area contributed by atoms with E-state index in [9.17, 15) is 0 Å². The highest BCUT2D eigenvalue weighted by Crippen LogP contribution is 2.12. The van der Waals surface area contributed by atoms with E-state index >= 15 is 0 Å². The van der Waals surface area contributed by atoms with Gasteiger partial charge in [0.05, 0.1) is 0 Å². The maximum absolute atomic E-state index is 3.16. The number of rotatable bonds is 1. The summed E-state index contributed by atoms with van der Waals surface area (Å²) in [6.07, 6.45) is 0. The number of para-hydroxylation sites is 1. The van der Waals surface area contributed by atoms with Crippen molar-refractivity contribution in [3.05, 3.63) is 30.3 Å². The van der Waals surface area contributed by atoms with Crippen LogP contribution in [0.4, 0.5) is 5.69 Å². The Kier molecular flexibility index (Phi) is 7.52. The van der Waals surface area contributed by atoms with Crippen molar-refractivity contribution < 1.29 is 0 Å². The zero-order valence-corrected chi connectivity index (χ0v) is 10.1. The van der Waals surface area contributed by atoms with Crippen LogP contribution in [-0.4, -0.2) is 26.2 Å². The van der Waals surface area contributed by atoms with Crippen LogP contribution >= 0.6 is 24.8 Å². The molecule has 0 amide bonds. The van der Waals surface area contributed by atoms with Crippen molar-refractivity contribution in [3.8, 4) is 0 Å². The van der Waals surface area contributed by atoms with Crippen LogP contribution in [0.15, 0.2) is 30.3 Å². The van der Waals surface area contributed by atoms with E-state index in [1.807, 2.05) is 0 Å². The minimum atomic E-state index is 0. The number of anilines is 1. The van der Waals surface area contributed by atoms with Gasteiger partial charge in [-0.05, 0) is 12.1 Å². The van der Waals surface area contributed by atoms with E-state index in [4.69, 9.17) is 0 Å². The first-order chi connectivity index (χ1) is 6.47. The number of nitrogens with zero attached hydrogens (tertiary/aromatic N) is 1. The molecule has 0 bridgehead atoms. The van der Waals surface area contributed by atoms with Gasteiger partial charge in [-0.1, -0.05) is 18.2 Å². The minimum Gasteiger partial charge on any atom is -0.369 e. The van der Waals surface area contributed by atoms with Crippen LogP contribution in [0.25, 0.3) is 0 Å². The van der Waals surface area contributed by atoms with Crippen molar-refractivity contribution in [3.63, 3.8) is 0 Å². The molecule has 1 saturated heterocycles. The number of halogens is 2. The summed E-state index contributed by atoms with van der Waals surface area (Å²) in [7, 11) is 0. The van der Waals surface area contributed by atoms with Gasteiger partial charge < -0.3 is 4.90 Å². The van der Waals surface area contributed by atoms with Gasteiger partial charge in [-0.3, -0.25) is 10.9 Å². The van der Waals surface area contributed by atoms with E-state index in [1.54, 1.807) is 0 Å². The third-order valence-electron chi connectivity index (χ3n) is 2.26. The highest BCUT2D eigenvalue weighted by Gasteiger charge is 2.07. The Bertz CT molecular complexity index is 248. The third kappa shape index (κ3) is 4.26. The number of benzene rings is 1. The second kappa shape index (κ2) is 7.77. The maximum Gasteiger partial charge on any atom is 0.0367 e. The van der Waals surface area contributed by atoms with Crippen LogP contribution in [0.1, 0.15) is 0 Å². The van der Waals surface area contributed by atoms with Crippen LogP contribution in [-0.2, 0) is 0 Å².